The van der Waals surface area contributed by atoms with E-state index in [2.05, 4.69) is 9.71 Å². The lowest BCUT2D eigenvalue weighted by Gasteiger charge is -2.04. The molecular weight excluding hydrogens is 308 g/mol. The van der Waals surface area contributed by atoms with E-state index in [0.29, 0.717) is 5.02 Å². The Morgan fingerprint density at radius 2 is 2.21 bits per heavy atom. The van der Waals surface area contributed by atoms with Gasteiger partial charge in [0.15, 0.2) is 15.8 Å². The second-order valence-electron chi connectivity index (χ2n) is 3.41. The number of halogens is 1. The Morgan fingerprint density at radius 3 is 2.79 bits per heavy atom. The topological polar surface area (TPSA) is 109 Å². The molecule has 0 bridgehead atoms. The molecule has 1 aromatic carbocycles. The first-order valence-electron chi connectivity index (χ1n) is 4.87. The van der Waals surface area contributed by atoms with Crippen LogP contribution < -0.4 is 10.5 Å². The van der Waals surface area contributed by atoms with Crippen molar-refractivity contribution in [3.8, 4) is 6.07 Å². The van der Waals surface area contributed by atoms with Crippen molar-refractivity contribution in [1.29, 1.82) is 5.26 Å². The number of aromatic nitrogens is 1. The van der Waals surface area contributed by atoms with E-state index >= 15 is 0 Å². The molecule has 0 atom stereocenters. The van der Waals surface area contributed by atoms with Gasteiger partial charge in [-0.2, -0.15) is 5.26 Å². The number of hydrogen-bond acceptors (Lipinski definition) is 6. The lowest BCUT2D eigenvalue weighted by Crippen LogP contribution is -2.12. The SMILES string of the molecule is N#Cc1sc(NS(=O)(=O)c2cccc(Cl)c2)nc1N. The highest BCUT2D eigenvalue weighted by Gasteiger charge is 2.18. The van der Waals surface area contributed by atoms with Gasteiger partial charge in [0.05, 0.1) is 4.90 Å². The maximum atomic E-state index is 12.0. The molecule has 3 N–H and O–H groups in total. The summed E-state index contributed by atoms with van der Waals surface area (Å²) in [5, 5.41) is 9.07. The van der Waals surface area contributed by atoms with Gasteiger partial charge in [0.25, 0.3) is 10.0 Å². The van der Waals surface area contributed by atoms with E-state index in [9.17, 15) is 8.42 Å². The quantitative estimate of drug-likeness (QED) is 0.901. The standard InChI is InChI=1S/C10H7ClN4O2S2/c11-6-2-1-3-7(4-6)19(16,17)15-10-14-9(13)8(5-12)18-10/h1-4H,13H2,(H,14,15). The average molecular weight is 315 g/mol. The third-order valence-electron chi connectivity index (χ3n) is 2.08. The van der Waals surface area contributed by atoms with Gasteiger partial charge in [-0.05, 0) is 18.2 Å². The van der Waals surface area contributed by atoms with Crippen LogP contribution in [-0.2, 0) is 10.0 Å². The van der Waals surface area contributed by atoms with Gasteiger partial charge in [-0.3, -0.25) is 4.72 Å². The normalized spacial score (nSPS) is 10.9. The smallest absolute Gasteiger partial charge is 0.263 e. The molecule has 2 aromatic rings. The van der Waals surface area contributed by atoms with E-state index in [-0.39, 0.29) is 20.7 Å². The molecule has 0 aliphatic rings. The predicted molar refractivity (Wildman–Crippen MR) is 73.5 cm³/mol. The molecule has 0 saturated heterocycles. The molecule has 0 radical (unpaired) electrons. The number of nitrogens with zero attached hydrogens (tertiary/aromatic N) is 2. The van der Waals surface area contributed by atoms with Gasteiger partial charge >= 0.3 is 0 Å². The molecule has 0 aliphatic carbocycles. The highest BCUT2D eigenvalue weighted by atomic mass is 35.5. The highest BCUT2D eigenvalue weighted by Crippen LogP contribution is 2.26. The summed E-state index contributed by atoms with van der Waals surface area (Å²) < 4.78 is 26.3. The predicted octanol–water partition coefficient (Wildman–Crippen LogP) is 2.05. The van der Waals surface area contributed by atoms with E-state index in [1.54, 1.807) is 6.07 Å². The summed E-state index contributed by atoms with van der Waals surface area (Å²) >= 11 is 6.60. The van der Waals surface area contributed by atoms with Gasteiger partial charge in [-0.1, -0.05) is 29.0 Å². The van der Waals surface area contributed by atoms with E-state index < -0.39 is 10.0 Å². The molecule has 9 heteroatoms. The van der Waals surface area contributed by atoms with Gasteiger partial charge in [-0.25, -0.2) is 13.4 Å². The molecule has 0 amide bonds. The molecule has 98 valence electrons. The number of anilines is 2. The van der Waals surface area contributed by atoms with Crippen LogP contribution in [0.3, 0.4) is 0 Å². The molecule has 6 nitrogen and oxygen atoms in total. The molecular formula is C10H7ClN4O2S2. The van der Waals surface area contributed by atoms with Crippen LogP contribution in [0, 0.1) is 11.3 Å². The summed E-state index contributed by atoms with van der Waals surface area (Å²) in [6.07, 6.45) is 0. The molecule has 0 unspecified atom stereocenters. The maximum Gasteiger partial charge on any atom is 0.263 e. The van der Waals surface area contributed by atoms with Gasteiger partial charge < -0.3 is 5.73 Å². The molecule has 1 heterocycles. The fourth-order valence-electron chi connectivity index (χ4n) is 1.26. The molecule has 19 heavy (non-hydrogen) atoms. The Labute approximate surface area is 118 Å². The lowest BCUT2D eigenvalue weighted by atomic mass is 10.4. The second-order valence-corrected chi connectivity index (χ2v) is 6.53. The van der Waals surface area contributed by atoms with Crippen LogP contribution in [0.2, 0.25) is 5.02 Å². The van der Waals surface area contributed by atoms with E-state index in [1.165, 1.54) is 18.2 Å². The molecule has 2 rings (SSSR count). The monoisotopic (exact) mass is 314 g/mol. The van der Waals surface area contributed by atoms with Crippen molar-refractivity contribution in [3.05, 3.63) is 34.2 Å². The van der Waals surface area contributed by atoms with Crippen LogP contribution in [0.15, 0.2) is 29.2 Å². The first kappa shape index (κ1) is 13.6. The van der Waals surface area contributed by atoms with Gasteiger partial charge in [0, 0.05) is 5.02 Å². The Bertz CT molecular complexity index is 764. The summed E-state index contributed by atoms with van der Waals surface area (Å²) in [5.41, 5.74) is 5.45. The van der Waals surface area contributed by atoms with E-state index in [1.807, 2.05) is 6.07 Å². The third kappa shape index (κ3) is 2.96. The average Bonchev–Trinajstić information content (AvgIpc) is 2.68. The molecule has 0 spiro atoms. The van der Waals surface area contributed by atoms with E-state index in [0.717, 1.165) is 11.3 Å². The number of rotatable bonds is 3. The fraction of sp³-hybridized carbons (Fsp3) is 0. The molecule has 0 saturated carbocycles. The highest BCUT2D eigenvalue weighted by molar-refractivity contribution is 7.93. The Hall–Kier alpha value is -1.82. The summed E-state index contributed by atoms with van der Waals surface area (Å²) in [6, 6.07) is 7.62. The third-order valence-corrected chi connectivity index (χ3v) is 4.68. The minimum Gasteiger partial charge on any atom is -0.382 e. The zero-order valence-electron chi connectivity index (χ0n) is 9.29. The van der Waals surface area contributed by atoms with Gasteiger partial charge in [-0.15, -0.1) is 0 Å². The summed E-state index contributed by atoms with van der Waals surface area (Å²) in [5.74, 6) is -0.00343. The van der Waals surface area contributed by atoms with Crippen molar-refractivity contribution in [2.24, 2.45) is 0 Å². The molecule has 0 fully saturated rings. The Morgan fingerprint density at radius 1 is 1.47 bits per heavy atom. The number of nitrogens with two attached hydrogens (primary N) is 1. The largest absolute Gasteiger partial charge is 0.382 e. The van der Waals surface area contributed by atoms with Crippen LogP contribution in [-0.4, -0.2) is 13.4 Å². The zero-order chi connectivity index (χ0) is 14.0. The fourth-order valence-corrected chi connectivity index (χ4v) is 3.48. The van der Waals surface area contributed by atoms with Crippen molar-refractivity contribution in [2.45, 2.75) is 4.90 Å². The first-order valence-corrected chi connectivity index (χ1v) is 7.55. The van der Waals surface area contributed by atoms with Crippen LogP contribution in [0.1, 0.15) is 4.88 Å². The van der Waals surface area contributed by atoms with Crippen LogP contribution >= 0.6 is 22.9 Å². The van der Waals surface area contributed by atoms with Crippen LogP contribution in [0.5, 0.6) is 0 Å². The number of nitrogen functional groups attached to an aromatic ring is 1. The number of nitriles is 1. The lowest BCUT2D eigenvalue weighted by molar-refractivity contribution is 0.601. The van der Waals surface area contributed by atoms with Crippen molar-refractivity contribution < 1.29 is 8.42 Å². The van der Waals surface area contributed by atoms with Crippen LogP contribution in [0.25, 0.3) is 0 Å². The molecule has 1 aromatic heterocycles. The van der Waals surface area contributed by atoms with Crippen molar-refractivity contribution in [1.82, 2.24) is 4.98 Å². The minimum absolute atomic E-state index is 0.00343. The Balaban J connectivity index is 2.34. The summed E-state index contributed by atoms with van der Waals surface area (Å²) in [4.78, 5) is 3.93. The number of benzene rings is 1. The number of nitrogens with one attached hydrogen (secondary N) is 1. The van der Waals surface area contributed by atoms with Crippen LogP contribution in [0.4, 0.5) is 10.9 Å². The van der Waals surface area contributed by atoms with Gasteiger partial charge in [0.1, 0.15) is 6.07 Å². The molecule has 0 aliphatic heterocycles. The van der Waals surface area contributed by atoms with Crippen molar-refractivity contribution >= 4 is 43.9 Å². The first-order chi connectivity index (χ1) is 8.92. The number of thiazole rings is 1. The van der Waals surface area contributed by atoms with Crippen molar-refractivity contribution in [3.63, 3.8) is 0 Å². The second kappa shape index (κ2) is 5.05. The minimum atomic E-state index is -3.80. The summed E-state index contributed by atoms with van der Waals surface area (Å²) in [7, 11) is -3.80. The Kier molecular flexibility index (Phi) is 3.61. The summed E-state index contributed by atoms with van der Waals surface area (Å²) in [6.45, 7) is 0. The number of hydrogen-bond donors (Lipinski definition) is 2. The zero-order valence-corrected chi connectivity index (χ0v) is 11.7. The number of sulfonamides is 1. The van der Waals surface area contributed by atoms with E-state index in [4.69, 9.17) is 22.6 Å². The maximum absolute atomic E-state index is 12.0. The van der Waals surface area contributed by atoms with Gasteiger partial charge in [0.2, 0.25) is 0 Å². The van der Waals surface area contributed by atoms with Crippen molar-refractivity contribution in [2.75, 3.05) is 10.5 Å².